The van der Waals surface area contributed by atoms with Gasteiger partial charge in [-0.25, -0.2) is 0 Å². The number of ether oxygens (including phenoxy) is 1. The molecule has 192 valence electrons. The Morgan fingerprint density at radius 1 is 1.09 bits per heavy atom. The van der Waals surface area contributed by atoms with Crippen LogP contribution in [0.25, 0.3) is 0 Å². The second-order valence-electron chi connectivity index (χ2n) is 9.80. The first-order valence-electron chi connectivity index (χ1n) is 13.1. The fourth-order valence-corrected chi connectivity index (χ4v) is 5.00. The highest BCUT2D eigenvalue weighted by molar-refractivity contribution is 5.86. The van der Waals surface area contributed by atoms with E-state index in [1.165, 1.54) is 19.3 Å². The fourth-order valence-electron chi connectivity index (χ4n) is 5.00. The molecule has 0 saturated heterocycles. The monoisotopic (exact) mass is 484 g/mol. The molecule has 7 heteroatoms. The molecule has 1 fully saturated rings. The molecule has 1 heterocycles. The van der Waals surface area contributed by atoms with Gasteiger partial charge in [-0.2, -0.15) is 0 Å². The van der Waals surface area contributed by atoms with Crippen molar-refractivity contribution in [1.29, 1.82) is 0 Å². The van der Waals surface area contributed by atoms with Gasteiger partial charge in [0.1, 0.15) is 6.61 Å². The molecule has 1 aromatic rings. The molecule has 0 aromatic heterocycles. The predicted octanol–water partition coefficient (Wildman–Crippen LogP) is 3.75. The van der Waals surface area contributed by atoms with E-state index in [1.807, 2.05) is 42.5 Å². The number of aliphatic hydroxyl groups is 1. The van der Waals surface area contributed by atoms with Crippen molar-refractivity contribution >= 4 is 17.8 Å². The summed E-state index contributed by atoms with van der Waals surface area (Å²) in [4.78, 5) is 40.2. The van der Waals surface area contributed by atoms with Gasteiger partial charge < -0.3 is 20.1 Å². The lowest BCUT2D eigenvalue weighted by Crippen LogP contribution is -2.44. The van der Waals surface area contributed by atoms with Crippen LogP contribution in [-0.2, 0) is 25.7 Å². The van der Waals surface area contributed by atoms with Crippen LogP contribution in [0.4, 0.5) is 0 Å². The number of hydrogen-bond acceptors (Lipinski definition) is 5. The van der Waals surface area contributed by atoms with Crippen molar-refractivity contribution in [3.05, 3.63) is 48.0 Å². The first-order chi connectivity index (χ1) is 17.0. The summed E-state index contributed by atoms with van der Waals surface area (Å²) in [7, 11) is 0. The maximum Gasteiger partial charge on any atom is 0.306 e. The van der Waals surface area contributed by atoms with Crippen molar-refractivity contribution in [2.45, 2.75) is 76.8 Å². The normalized spacial score (nSPS) is 22.4. The van der Waals surface area contributed by atoms with Gasteiger partial charge in [0.15, 0.2) is 0 Å². The molecule has 2 N–H and O–H groups in total. The number of benzene rings is 1. The lowest BCUT2D eigenvalue weighted by Gasteiger charge is -2.29. The van der Waals surface area contributed by atoms with Gasteiger partial charge in [-0.15, -0.1) is 0 Å². The predicted molar refractivity (Wildman–Crippen MR) is 134 cm³/mol. The maximum absolute atomic E-state index is 13.3. The van der Waals surface area contributed by atoms with Crippen molar-refractivity contribution < 1.29 is 24.2 Å². The summed E-state index contributed by atoms with van der Waals surface area (Å²) in [6, 6.07) is 9.40. The Hall–Kier alpha value is -2.67. The molecule has 0 bridgehead atoms. The minimum atomic E-state index is -0.514. The number of allylic oxidation sites excluding steroid dienone is 2. The first kappa shape index (κ1) is 26.9. The van der Waals surface area contributed by atoms with Gasteiger partial charge >= 0.3 is 5.97 Å². The molecule has 1 aromatic carbocycles. The van der Waals surface area contributed by atoms with Crippen LogP contribution in [0.3, 0.4) is 0 Å². The SMILES string of the molecule is O=C1CCC=CCC(CC(=O)N(CCO)Cc2ccccc2)C(=O)NC(CC2CCCCC2)CO1. The Bertz CT molecular complexity index is 835. The average molecular weight is 485 g/mol. The lowest BCUT2D eigenvalue weighted by atomic mass is 9.84. The summed E-state index contributed by atoms with van der Waals surface area (Å²) in [5.41, 5.74) is 0.978. The Kier molecular flexibility index (Phi) is 11.3. The Labute approximate surface area is 208 Å². The molecule has 7 nitrogen and oxygen atoms in total. The number of esters is 1. The zero-order valence-electron chi connectivity index (χ0n) is 20.7. The minimum absolute atomic E-state index is 0.0684. The van der Waals surface area contributed by atoms with E-state index in [2.05, 4.69) is 5.32 Å². The van der Waals surface area contributed by atoms with Crippen molar-refractivity contribution in [1.82, 2.24) is 10.2 Å². The lowest BCUT2D eigenvalue weighted by molar-refractivity contribution is -0.145. The van der Waals surface area contributed by atoms with Crippen molar-refractivity contribution in [3.63, 3.8) is 0 Å². The van der Waals surface area contributed by atoms with E-state index in [-0.39, 0.29) is 50.0 Å². The minimum Gasteiger partial charge on any atom is -0.463 e. The number of carbonyl (C=O) groups excluding carboxylic acids is 3. The molecule has 1 saturated carbocycles. The molecule has 3 rings (SSSR count). The summed E-state index contributed by atoms with van der Waals surface area (Å²) in [6.45, 7) is 0.656. The van der Waals surface area contributed by atoms with Crippen molar-refractivity contribution in [3.8, 4) is 0 Å². The van der Waals surface area contributed by atoms with Gasteiger partial charge in [0.25, 0.3) is 0 Å². The van der Waals surface area contributed by atoms with Gasteiger partial charge in [0.2, 0.25) is 11.8 Å². The number of nitrogens with zero attached hydrogens (tertiary/aromatic N) is 1. The van der Waals surface area contributed by atoms with E-state index in [4.69, 9.17) is 4.74 Å². The third-order valence-electron chi connectivity index (χ3n) is 6.97. The summed E-state index contributed by atoms with van der Waals surface area (Å²) in [5.74, 6) is -0.570. The fraction of sp³-hybridized carbons (Fsp3) is 0.607. The molecule has 0 spiro atoms. The van der Waals surface area contributed by atoms with Gasteiger partial charge in [0.05, 0.1) is 18.6 Å². The van der Waals surface area contributed by atoms with Crippen LogP contribution in [0.1, 0.15) is 69.8 Å². The van der Waals surface area contributed by atoms with Gasteiger partial charge in [0, 0.05) is 25.9 Å². The van der Waals surface area contributed by atoms with Crippen molar-refractivity contribution in [2.75, 3.05) is 19.8 Å². The molecular formula is C28H40N2O5. The summed E-state index contributed by atoms with van der Waals surface area (Å²) in [6.07, 6.45) is 11.9. The number of hydrogen-bond donors (Lipinski definition) is 2. The zero-order valence-corrected chi connectivity index (χ0v) is 20.7. The standard InChI is InChI=1S/C28H40N2O5/c31-17-16-30(20-23-12-6-2-7-13-23)26(32)19-24-14-8-3-9-15-27(33)35-21-25(29-28(24)34)18-22-10-4-1-5-11-22/h2-3,6-8,12-13,22,24-25,31H,1,4-5,9-11,14-21H2,(H,29,34). The topological polar surface area (TPSA) is 95.9 Å². The molecule has 2 atom stereocenters. The smallest absolute Gasteiger partial charge is 0.306 e. The van der Waals surface area contributed by atoms with Gasteiger partial charge in [-0.3, -0.25) is 14.4 Å². The van der Waals surface area contributed by atoms with Crippen LogP contribution in [0.5, 0.6) is 0 Å². The third kappa shape index (κ3) is 9.48. The third-order valence-corrected chi connectivity index (χ3v) is 6.97. The van der Waals surface area contributed by atoms with E-state index in [0.29, 0.717) is 31.7 Å². The second kappa shape index (κ2) is 14.7. The highest BCUT2D eigenvalue weighted by atomic mass is 16.5. The van der Waals surface area contributed by atoms with E-state index < -0.39 is 5.92 Å². The number of aliphatic hydroxyl groups excluding tert-OH is 1. The summed E-state index contributed by atoms with van der Waals surface area (Å²) >= 11 is 0. The molecular weight excluding hydrogens is 444 g/mol. The highest BCUT2D eigenvalue weighted by Gasteiger charge is 2.28. The number of carbonyl (C=O) groups is 3. The van der Waals surface area contributed by atoms with E-state index in [1.54, 1.807) is 4.90 Å². The van der Waals surface area contributed by atoms with Crippen LogP contribution in [0, 0.1) is 11.8 Å². The van der Waals surface area contributed by atoms with Gasteiger partial charge in [-0.05, 0) is 30.7 Å². The molecule has 1 aliphatic heterocycles. The number of rotatable bonds is 8. The summed E-state index contributed by atoms with van der Waals surface area (Å²) < 4.78 is 5.48. The number of amides is 2. The molecule has 2 amide bonds. The maximum atomic E-state index is 13.3. The summed E-state index contributed by atoms with van der Waals surface area (Å²) in [5, 5.41) is 12.6. The molecule has 2 aliphatic rings. The molecule has 0 radical (unpaired) electrons. The quantitative estimate of drug-likeness (QED) is 0.433. The largest absolute Gasteiger partial charge is 0.463 e. The Morgan fingerprint density at radius 3 is 2.60 bits per heavy atom. The number of nitrogens with one attached hydrogen (secondary N) is 1. The van der Waals surface area contributed by atoms with Crippen LogP contribution in [0.15, 0.2) is 42.5 Å². The number of cyclic esters (lactones) is 1. The van der Waals surface area contributed by atoms with Crippen LogP contribution >= 0.6 is 0 Å². The van der Waals surface area contributed by atoms with Crippen LogP contribution in [-0.4, -0.2) is 53.6 Å². The second-order valence-corrected chi connectivity index (χ2v) is 9.80. The van der Waals surface area contributed by atoms with Gasteiger partial charge in [-0.1, -0.05) is 74.6 Å². The molecule has 35 heavy (non-hydrogen) atoms. The zero-order chi connectivity index (χ0) is 24.9. The van der Waals surface area contributed by atoms with Crippen molar-refractivity contribution in [2.24, 2.45) is 11.8 Å². The Balaban J connectivity index is 1.69. The van der Waals surface area contributed by atoms with Crippen LogP contribution < -0.4 is 5.32 Å². The van der Waals surface area contributed by atoms with E-state index in [9.17, 15) is 19.5 Å². The highest BCUT2D eigenvalue weighted by Crippen LogP contribution is 2.28. The van der Waals surface area contributed by atoms with E-state index in [0.717, 1.165) is 24.8 Å². The molecule has 2 unspecified atom stereocenters. The average Bonchev–Trinajstić information content (AvgIpc) is 2.86. The first-order valence-corrected chi connectivity index (χ1v) is 13.1. The molecule has 1 aliphatic carbocycles. The Morgan fingerprint density at radius 2 is 1.86 bits per heavy atom. The van der Waals surface area contributed by atoms with Crippen LogP contribution in [0.2, 0.25) is 0 Å². The van der Waals surface area contributed by atoms with E-state index >= 15 is 0 Å².